The van der Waals surface area contributed by atoms with E-state index in [1.165, 1.54) is 11.1 Å². The van der Waals surface area contributed by atoms with Crippen molar-refractivity contribution in [2.75, 3.05) is 19.6 Å². The predicted molar refractivity (Wildman–Crippen MR) is 188 cm³/mol. The molecule has 6 N–H and O–H groups in total. The van der Waals surface area contributed by atoms with Gasteiger partial charge >= 0.3 is 0 Å². The smallest absolute Gasteiger partial charge is 0.251 e. The van der Waals surface area contributed by atoms with Gasteiger partial charge in [0.2, 0.25) is 5.91 Å². The number of nitrogens with zero attached hydrogens (tertiary/aromatic N) is 1. The molecule has 0 aromatic heterocycles. The summed E-state index contributed by atoms with van der Waals surface area (Å²) >= 11 is 0. The summed E-state index contributed by atoms with van der Waals surface area (Å²) in [4.78, 5) is 28.9. The Balaban J connectivity index is 1.43. The standard InChI is InChI=1S/C40H42N4O3/c41-23-24-43-39(46)37-17-8-7-16-36(37)33-15-9-10-30(26-33)28-44(40(47)38(42)27-29-18-20-34(45)21-19-29)25-22-35(31-11-3-1-4-12-31)32-13-5-2-6-14-32/h1-21,26,35,38,45H,22-25,27-28,41-42H2,(H,43,46)/t38-/m0/s1. The fourth-order valence-electron chi connectivity index (χ4n) is 5.93. The van der Waals surface area contributed by atoms with Gasteiger partial charge in [-0.25, -0.2) is 0 Å². The Bertz CT molecular complexity index is 1700. The number of aromatic hydroxyl groups is 1. The normalized spacial score (nSPS) is 11.6. The van der Waals surface area contributed by atoms with Crippen LogP contribution < -0.4 is 16.8 Å². The molecule has 0 aliphatic rings. The molecule has 7 heteroatoms. The van der Waals surface area contributed by atoms with E-state index in [1.807, 2.05) is 83.8 Å². The molecule has 0 unspecified atom stereocenters. The van der Waals surface area contributed by atoms with Crippen molar-refractivity contribution in [2.45, 2.75) is 31.3 Å². The molecule has 47 heavy (non-hydrogen) atoms. The first-order valence-corrected chi connectivity index (χ1v) is 16.0. The average molecular weight is 627 g/mol. The third kappa shape index (κ3) is 8.94. The number of nitrogens with one attached hydrogen (secondary N) is 1. The first kappa shape index (κ1) is 33.1. The van der Waals surface area contributed by atoms with Gasteiger partial charge in [-0.05, 0) is 70.5 Å². The molecule has 2 amide bonds. The van der Waals surface area contributed by atoms with E-state index in [0.717, 1.165) is 22.3 Å². The number of rotatable bonds is 14. The summed E-state index contributed by atoms with van der Waals surface area (Å²) < 4.78 is 0. The van der Waals surface area contributed by atoms with Crippen LogP contribution in [0.2, 0.25) is 0 Å². The summed E-state index contributed by atoms with van der Waals surface area (Å²) in [6.45, 7) is 1.59. The van der Waals surface area contributed by atoms with Crippen LogP contribution in [-0.4, -0.2) is 47.5 Å². The Morgan fingerprint density at radius 1 is 0.745 bits per heavy atom. The van der Waals surface area contributed by atoms with Gasteiger partial charge in [0.25, 0.3) is 5.91 Å². The summed E-state index contributed by atoms with van der Waals surface area (Å²) in [7, 11) is 0. The van der Waals surface area contributed by atoms with Crippen LogP contribution in [0.15, 0.2) is 133 Å². The molecule has 0 aliphatic heterocycles. The molecule has 7 nitrogen and oxygen atoms in total. The minimum atomic E-state index is -0.762. The maximum Gasteiger partial charge on any atom is 0.251 e. The van der Waals surface area contributed by atoms with Crippen molar-refractivity contribution in [1.29, 1.82) is 0 Å². The van der Waals surface area contributed by atoms with Gasteiger partial charge in [-0.15, -0.1) is 0 Å². The van der Waals surface area contributed by atoms with Crippen molar-refractivity contribution in [3.8, 4) is 16.9 Å². The molecule has 0 spiro atoms. The lowest BCUT2D eigenvalue weighted by Crippen LogP contribution is -2.45. The molecule has 5 aromatic rings. The van der Waals surface area contributed by atoms with Crippen molar-refractivity contribution in [2.24, 2.45) is 11.5 Å². The van der Waals surface area contributed by atoms with Gasteiger partial charge in [-0.1, -0.05) is 109 Å². The Morgan fingerprint density at radius 3 is 2.04 bits per heavy atom. The number of phenolic OH excluding ortho intramolecular Hbond substituents is 1. The largest absolute Gasteiger partial charge is 0.508 e. The number of carbonyl (C=O) groups excluding carboxylic acids is 2. The molecule has 240 valence electrons. The number of hydrogen-bond acceptors (Lipinski definition) is 5. The predicted octanol–water partition coefficient (Wildman–Crippen LogP) is 5.87. The quantitative estimate of drug-likeness (QED) is 0.123. The molecule has 0 aliphatic carbocycles. The van der Waals surface area contributed by atoms with Crippen LogP contribution in [0.5, 0.6) is 5.75 Å². The summed E-state index contributed by atoms with van der Waals surface area (Å²) in [6, 6.07) is 42.2. The fraction of sp³-hybridized carbons (Fsp3) is 0.200. The second kappa shape index (κ2) is 16.4. The van der Waals surface area contributed by atoms with Crippen LogP contribution in [0.3, 0.4) is 0 Å². The molecule has 0 bridgehead atoms. The lowest BCUT2D eigenvalue weighted by molar-refractivity contribution is -0.133. The maximum atomic E-state index is 14.1. The highest BCUT2D eigenvalue weighted by Gasteiger charge is 2.24. The van der Waals surface area contributed by atoms with E-state index >= 15 is 0 Å². The summed E-state index contributed by atoms with van der Waals surface area (Å²) in [5.74, 6) is -0.0704. The van der Waals surface area contributed by atoms with Gasteiger partial charge in [0.05, 0.1) is 6.04 Å². The highest BCUT2D eigenvalue weighted by molar-refractivity contribution is 6.00. The lowest BCUT2D eigenvalue weighted by Gasteiger charge is -2.29. The first-order valence-electron chi connectivity index (χ1n) is 16.0. The SMILES string of the molecule is NCCNC(=O)c1ccccc1-c1cccc(CN(CCC(c2ccccc2)c2ccccc2)C(=O)[C@@H](N)Cc2ccc(O)cc2)c1. The number of amides is 2. The highest BCUT2D eigenvalue weighted by atomic mass is 16.3. The maximum absolute atomic E-state index is 14.1. The molecule has 0 heterocycles. The van der Waals surface area contributed by atoms with Crippen molar-refractivity contribution in [3.63, 3.8) is 0 Å². The molecule has 5 aromatic carbocycles. The fourth-order valence-corrected chi connectivity index (χ4v) is 5.93. The van der Waals surface area contributed by atoms with Crippen molar-refractivity contribution in [3.05, 3.63) is 161 Å². The van der Waals surface area contributed by atoms with Gasteiger partial charge in [0.15, 0.2) is 0 Å². The third-order valence-electron chi connectivity index (χ3n) is 8.33. The molecule has 1 atom stereocenters. The van der Waals surface area contributed by atoms with Crippen molar-refractivity contribution >= 4 is 11.8 Å². The van der Waals surface area contributed by atoms with Crippen molar-refractivity contribution in [1.82, 2.24) is 10.2 Å². The zero-order valence-electron chi connectivity index (χ0n) is 26.5. The van der Waals surface area contributed by atoms with Gasteiger partial charge in [0, 0.05) is 37.7 Å². The first-order chi connectivity index (χ1) is 22.9. The minimum Gasteiger partial charge on any atom is -0.508 e. The van der Waals surface area contributed by atoms with Crippen molar-refractivity contribution < 1.29 is 14.7 Å². The van der Waals surface area contributed by atoms with E-state index < -0.39 is 6.04 Å². The number of phenols is 1. The van der Waals surface area contributed by atoms with E-state index in [4.69, 9.17) is 11.5 Å². The number of benzene rings is 5. The minimum absolute atomic E-state index is 0.0891. The molecule has 0 saturated heterocycles. The molecule has 0 radical (unpaired) electrons. The molecule has 0 fully saturated rings. The Hall–Kier alpha value is -5.24. The van der Waals surface area contributed by atoms with E-state index in [2.05, 4.69) is 29.6 Å². The Morgan fingerprint density at radius 2 is 1.38 bits per heavy atom. The van der Waals surface area contributed by atoms with Gasteiger partial charge in [0.1, 0.15) is 5.75 Å². The number of nitrogens with two attached hydrogens (primary N) is 2. The topological polar surface area (TPSA) is 122 Å². The van der Waals surface area contributed by atoms with E-state index in [1.54, 1.807) is 30.3 Å². The Labute approximate surface area is 276 Å². The van der Waals surface area contributed by atoms with Crippen LogP contribution in [0.25, 0.3) is 11.1 Å². The van der Waals surface area contributed by atoms with Crippen LogP contribution >= 0.6 is 0 Å². The monoisotopic (exact) mass is 626 g/mol. The Kier molecular flexibility index (Phi) is 11.5. The zero-order chi connectivity index (χ0) is 33.0. The lowest BCUT2D eigenvalue weighted by atomic mass is 9.88. The molecule has 0 saturated carbocycles. The van der Waals surface area contributed by atoms with E-state index in [-0.39, 0.29) is 23.5 Å². The van der Waals surface area contributed by atoms with Crippen LogP contribution in [0.1, 0.15) is 45.0 Å². The third-order valence-corrected chi connectivity index (χ3v) is 8.33. The molecule has 5 rings (SSSR count). The van der Waals surface area contributed by atoms with Crippen LogP contribution in [-0.2, 0) is 17.8 Å². The van der Waals surface area contributed by atoms with E-state index in [9.17, 15) is 14.7 Å². The van der Waals surface area contributed by atoms with Gasteiger partial charge in [-0.3, -0.25) is 9.59 Å². The van der Waals surface area contributed by atoms with E-state index in [0.29, 0.717) is 44.6 Å². The molecular formula is C40H42N4O3. The molecular weight excluding hydrogens is 584 g/mol. The average Bonchev–Trinajstić information content (AvgIpc) is 3.12. The van der Waals surface area contributed by atoms with Crippen LogP contribution in [0.4, 0.5) is 0 Å². The number of carbonyl (C=O) groups is 2. The van der Waals surface area contributed by atoms with Gasteiger partial charge < -0.3 is 26.8 Å². The van der Waals surface area contributed by atoms with Crippen LogP contribution in [0, 0.1) is 0 Å². The zero-order valence-corrected chi connectivity index (χ0v) is 26.5. The highest BCUT2D eigenvalue weighted by Crippen LogP contribution is 2.29. The number of hydrogen-bond donors (Lipinski definition) is 4. The second-order valence-electron chi connectivity index (χ2n) is 11.7. The summed E-state index contributed by atoms with van der Waals surface area (Å²) in [5, 5.41) is 12.6. The second-order valence-corrected chi connectivity index (χ2v) is 11.7. The summed E-state index contributed by atoms with van der Waals surface area (Å²) in [5.41, 5.74) is 18.6. The summed E-state index contributed by atoms with van der Waals surface area (Å²) in [6.07, 6.45) is 1.05. The van der Waals surface area contributed by atoms with Gasteiger partial charge in [-0.2, -0.15) is 0 Å².